The van der Waals surface area contributed by atoms with Crippen molar-refractivity contribution >= 4 is 23.9 Å². The summed E-state index contributed by atoms with van der Waals surface area (Å²) in [5.74, 6) is -3.74. The van der Waals surface area contributed by atoms with E-state index >= 15 is 0 Å². The Labute approximate surface area is 163 Å². The quantitative estimate of drug-likeness (QED) is 0.310. The summed E-state index contributed by atoms with van der Waals surface area (Å²) in [7, 11) is 0. The smallest absolute Gasteiger partial charge is 0.336 e. The molecule has 0 fully saturated rings. The van der Waals surface area contributed by atoms with E-state index in [9.17, 15) is 19.2 Å². The minimum Gasteiger partial charge on any atom is -0.478 e. The topological polar surface area (TPSA) is 138 Å². The molecule has 0 bridgehead atoms. The van der Waals surface area contributed by atoms with Crippen LogP contribution in [0.15, 0.2) is 30.9 Å². The molecule has 1 aromatic carbocycles. The number of unbranched alkanes of at least 4 members (excludes halogenated alkanes) is 2. The molecule has 28 heavy (non-hydrogen) atoms. The normalized spacial score (nSPS) is 9.82. The van der Waals surface area contributed by atoms with E-state index in [1.54, 1.807) is 0 Å². The predicted octanol–water partition coefficient (Wildman–Crippen LogP) is 3.71. The molecule has 0 amide bonds. The number of carboxylic acid groups (broad SMARTS) is 3. The summed E-state index contributed by atoms with van der Waals surface area (Å²) in [4.78, 5) is 42.4. The van der Waals surface area contributed by atoms with Gasteiger partial charge in [0, 0.05) is 6.08 Å². The summed E-state index contributed by atoms with van der Waals surface area (Å²) >= 11 is 0. The Morgan fingerprint density at radius 3 is 2.04 bits per heavy atom. The number of aromatic carboxylic acids is 3. The lowest BCUT2D eigenvalue weighted by atomic mass is 10.0. The molecule has 0 spiro atoms. The highest BCUT2D eigenvalue weighted by atomic mass is 16.5. The number of carboxylic acids is 3. The van der Waals surface area contributed by atoms with Crippen LogP contribution >= 0.6 is 0 Å². The molecule has 1 rings (SSSR count). The van der Waals surface area contributed by atoms with Gasteiger partial charge < -0.3 is 20.1 Å². The van der Waals surface area contributed by atoms with Gasteiger partial charge in [0.1, 0.15) is 0 Å². The molecule has 8 heteroatoms. The first kappa shape index (κ1) is 24.8. The van der Waals surface area contributed by atoms with E-state index < -0.39 is 29.0 Å². The van der Waals surface area contributed by atoms with Crippen molar-refractivity contribution in [1.82, 2.24) is 0 Å². The van der Waals surface area contributed by atoms with Crippen molar-refractivity contribution in [3.8, 4) is 0 Å². The van der Waals surface area contributed by atoms with Crippen molar-refractivity contribution in [2.75, 3.05) is 6.61 Å². The van der Waals surface area contributed by atoms with E-state index in [-0.39, 0.29) is 11.5 Å². The monoisotopic (exact) mass is 394 g/mol. The van der Waals surface area contributed by atoms with E-state index in [2.05, 4.69) is 20.4 Å². The Bertz CT molecular complexity index is 706. The van der Waals surface area contributed by atoms with E-state index in [1.807, 2.05) is 0 Å². The maximum Gasteiger partial charge on any atom is 0.336 e. The van der Waals surface area contributed by atoms with E-state index in [0.717, 1.165) is 37.0 Å². The molecule has 3 N–H and O–H groups in total. The molecule has 8 nitrogen and oxygen atoms in total. The molecule has 0 unspecified atom stereocenters. The summed E-state index contributed by atoms with van der Waals surface area (Å²) in [5.41, 5.74) is -1.24. The second kappa shape index (κ2) is 13.1. The number of hydrogen-bond donors (Lipinski definition) is 3. The fourth-order valence-electron chi connectivity index (χ4n) is 2.10. The zero-order chi connectivity index (χ0) is 21.7. The van der Waals surface area contributed by atoms with E-state index in [0.29, 0.717) is 6.61 Å². The van der Waals surface area contributed by atoms with Gasteiger partial charge in [0.15, 0.2) is 0 Å². The zero-order valence-corrected chi connectivity index (χ0v) is 16.0. The van der Waals surface area contributed by atoms with Gasteiger partial charge in [-0.1, -0.05) is 39.7 Å². The molecule has 0 saturated heterocycles. The van der Waals surface area contributed by atoms with Gasteiger partial charge in [-0.15, -0.1) is 0 Å². The highest BCUT2D eigenvalue weighted by molar-refractivity contribution is 6.03. The molecule has 0 aliphatic carbocycles. The lowest BCUT2D eigenvalue weighted by Gasteiger charge is -2.04. The van der Waals surface area contributed by atoms with Gasteiger partial charge in [0.2, 0.25) is 0 Å². The first-order valence-corrected chi connectivity index (χ1v) is 8.73. The number of hydrogen-bond acceptors (Lipinski definition) is 5. The van der Waals surface area contributed by atoms with Gasteiger partial charge in [-0.25, -0.2) is 19.2 Å². The highest BCUT2D eigenvalue weighted by Gasteiger charge is 2.17. The van der Waals surface area contributed by atoms with Crippen LogP contribution in [0.25, 0.3) is 0 Å². The maximum atomic E-state index is 10.6. The Morgan fingerprint density at radius 2 is 1.57 bits per heavy atom. The minimum atomic E-state index is -1.48. The van der Waals surface area contributed by atoms with E-state index in [1.165, 1.54) is 18.9 Å². The summed E-state index contributed by atoms with van der Waals surface area (Å²) in [6.45, 7) is 8.29. The van der Waals surface area contributed by atoms with Crippen molar-refractivity contribution in [1.29, 1.82) is 0 Å². The van der Waals surface area contributed by atoms with Gasteiger partial charge in [0.05, 0.1) is 23.3 Å². The molecule has 0 aromatic heterocycles. The second-order valence-electron chi connectivity index (χ2n) is 6.29. The Balaban J connectivity index is 0.000000528. The number of rotatable bonds is 10. The molecular weight excluding hydrogens is 368 g/mol. The van der Waals surface area contributed by atoms with Crippen LogP contribution in [0.3, 0.4) is 0 Å². The summed E-state index contributed by atoms with van der Waals surface area (Å²) in [6.07, 6.45) is 5.79. The predicted molar refractivity (Wildman–Crippen MR) is 102 cm³/mol. The van der Waals surface area contributed by atoms with E-state index in [4.69, 9.17) is 20.1 Å². The molecule has 0 atom stereocenters. The largest absolute Gasteiger partial charge is 0.478 e. The van der Waals surface area contributed by atoms with Crippen molar-refractivity contribution in [3.05, 3.63) is 47.5 Å². The molecular formula is C20H26O8. The fraction of sp³-hybridized carbons (Fsp3) is 0.400. The number of carbonyl (C=O) groups is 4. The number of benzene rings is 1. The standard InChI is InChI=1S/C11H20O2.C9H6O6/c1-4-11(12)13-9-7-5-6-8-10(2)3;10-7(11)4-1-2-5(8(12)13)6(3-4)9(14)15/h4,10H,1,5-9H2,2-3H3;1-3H,(H,10,11)(H,12,13)(H,14,15). The number of ether oxygens (including phenoxy) is 1. The second-order valence-corrected chi connectivity index (χ2v) is 6.29. The molecule has 154 valence electrons. The van der Waals surface area contributed by atoms with Crippen LogP contribution in [0.2, 0.25) is 0 Å². The Hall–Kier alpha value is -3.16. The number of carbonyl (C=O) groups excluding carboxylic acids is 1. The molecule has 0 aliphatic rings. The van der Waals surface area contributed by atoms with Crippen molar-refractivity contribution in [2.45, 2.75) is 39.5 Å². The average molecular weight is 394 g/mol. The maximum absolute atomic E-state index is 10.6. The van der Waals surface area contributed by atoms with Crippen LogP contribution in [0.4, 0.5) is 0 Å². The van der Waals surface area contributed by atoms with Crippen LogP contribution in [0.5, 0.6) is 0 Å². The first-order valence-electron chi connectivity index (χ1n) is 8.73. The third-order valence-corrected chi connectivity index (χ3v) is 3.56. The van der Waals surface area contributed by atoms with Crippen LogP contribution in [-0.2, 0) is 9.53 Å². The lowest BCUT2D eigenvalue weighted by molar-refractivity contribution is -0.137. The number of esters is 1. The molecule has 0 aliphatic heterocycles. The summed E-state index contributed by atoms with van der Waals surface area (Å²) < 4.78 is 4.84. The summed E-state index contributed by atoms with van der Waals surface area (Å²) in [6, 6.07) is 2.81. The van der Waals surface area contributed by atoms with Crippen LogP contribution in [0.1, 0.15) is 70.6 Å². The van der Waals surface area contributed by atoms with Gasteiger partial charge in [0.25, 0.3) is 0 Å². The molecule has 0 radical (unpaired) electrons. The Morgan fingerprint density at radius 1 is 0.964 bits per heavy atom. The van der Waals surface area contributed by atoms with Gasteiger partial charge in [-0.05, 0) is 30.5 Å². The van der Waals surface area contributed by atoms with Crippen molar-refractivity contribution < 1.29 is 39.2 Å². The van der Waals surface area contributed by atoms with Crippen LogP contribution in [-0.4, -0.2) is 45.8 Å². The van der Waals surface area contributed by atoms with Gasteiger partial charge in [-0.3, -0.25) is 0 Å². The highest BCUT2D eigenvalue weighted by Crippen LogP contribution is 2.12. The molecule has 0 saturated carbocycles. The molecule has 0 heterocycles. The minimum absolute atomic E-state index is 0.266. The first-order chi connectivity index (χ1) is 13.1. The van der Waals surface area contributed by atoms with Crippen molar-refractivity contribution in [3.63, 3.8) is 0 Å². The van der Waals surface area contributed by atoms with Gasteiger partial charge >= 0.3 is 23.9 Å². The zero-order valence-electron chi connectivity index (χ0n) is 16.0. The average Bonchev–Trinajstić information content (AvgIpc) is 2.63. The SMILES string of the molecule is C=CC(=O)OCCCCCC(C)C.O=C(O)c1ccc(C(=O)O)c(C(=O)O)c1. The third kappa shape index (κ3) is 10.1. The third-order valence-electron chi connectivity index (χ3n) is 3.56. The molecule has 1 aromatic rings. The van der Waals surface area contributed by atoms with Crippen LogP contribution in [0, 0.1) is 5.92 Å². The van der Waals surface area contributed by atoms with Crippen molar-refractivity contribution in [2.24, 2.45) is 5.92 Å². The Kier molecular flexibility index (Phi) is 11.6. The lowest BCUT2D eigenvalue weighted by Crippen LogP contribution is -2.10. The van der Waals surface area contributed by atoms with Crippen LogP contribution < -0.4 is 0 Å². The fourth-order valence-corrected chi connectivity index (χ4v) is 2.10. The van der Waals surface area contributed by atoms with Gasteiger partial charge in [-0.2, -0.15) is 0 Å². The summed E-state index contributed by atoms with van der Waals surface area (Å²) in [5, 5.41) is 25.9.